The van der Waals surface area contributed by atoms with E-state index >= 15 is 0 Å². The largest absolute Gasteiger partial charge is 0.350 e. The van der Waals surface area contributed by atoms with Crippen molar-refractivity contribution in [2.45, 2.75) is 39.2 Å². The van der Waals surface area contributed by atoms with E-state index in [1.165, 1.54) is 0 Å². The first-order valence-electron chi connectivity index (χ1n) is 7.27. The molecule has 1 aliphatic carbocycles. The molecule has 6 heteroatoms. The molecule has 1 amide bonds. The Morgan fingerprint density at radius 2 is 2.00 bits per heavy atom. The topological polar surface area (TPSA) is 75.2 Å². The molecular formula is C15H22N4O2. The molecule has 0 aliphatic heterocycles. The monoisotopic (exact) mass is 290 g/mol. The van der Waals surface area contributed by atoms with Crippen LogP contribution >= 0.6 is 0 Å². The van der Waals surface area contributed by atoms with E-state index in [-0.39, 0.29) is 17.6 Å². The predicted octanol–water partition coefficient (Wildman–Crippen LogP) is 1.23. The lowest BCUT2D eigenvalue weighted by Gasteiger charge is -2.20. The van der Waals surface area contributed by atoms with Crippen LogP contribution in [0.15, 0.2) is 6.07 Å². The van der Waals surface area contributed by atoms with Gasteiger partial charge in [0.2, 0.25) is 11.9 Å². The number of nitrogens with zero attached hydrogens (tertiary/aromatic N) is 3. The molecule has 0 atom stereocenters. The number of aryl methyl sites for hydroxylation is 1. The zero-order valence-electron chi connectivity index (χ0n) is 12.8. The Morgan fingerprint density at radius 1 is 1.33 bits per heavy atom. The Bertz CT molecular complexity index is 532. The first kappa shape index (κ1) is 15.4. The van der Waals surface area contributed by atoms with E-state index in [1.807, 2.05) is 32.0 Å². The van der Waals surface area contributed by atoms with Gasteiger partial charge in [0.1, 0.15) is 5.78 Å². The van der Waals surface area contributed by atoms with Crippen LogP contribution in [-0.4, -0.2) is 35.8 Å². The van der Waals surface area contributed by atoms with Crippen LogP contribution in [0.5, 0.6) is 0 Å². The molecule has 1 aromatic heterocycles. The first-order valence-corrected chi connectivity index (χ1v) is 7.27. The highest BCUT2D eigenvalue weighted by Crippen LogP contribution is 2.21. The predicted molar refractivity (Wildman–Crippen MR) is 79.9 cm³/mol. The maximum Gasteiger partial charge on any atom is 0.225 e. The van der Waals surface area contributed by atoms with Gasteiger partial charge in [-0.25, -0.2) is 9.97 Å². The zero-order chi connectivity index (χ0) is 15.4. The average Bonchev–Trinajstić information content (AvgIpc) is 2.45. The van der Waals surface area contributed by atoms with Gasteiger partial charge in [-0.2, -0.15) is 0 Å². The second kappa shape index (κ2) is 6.65. The third-order valence-electron chi connectivity index (χ3n) is 3.65. The van der Waals surface area contributed by atoms with Crippen molar-refractivity contribution in [2.24, 2.45) is 5.92 Å². The van der Waals surface area contributed by atoms with Crippen LogP contribution in [-0.2, 0) is 16.1 Å². The second-order valence-electron chi connectivity index (χ2n) is 5.73. The lowest BCUT2D eigenvalue weighted by molar-refractivity contribution is -0.128. The first-order chi connectivity index (χ1) is 9.95. The smallest absolute Gasteiger partial charge is 0.225 e. The quantitative estimate of drug-likeness (QED) is 0.902. The van der Waals surface area contributed by atoms with Gasteiger partial charge in [-0.3, -0.25) is 9.59 Å². The molecule has 0 bridgehead atoms. The molecule has 0 aromatic carbocycles. The summed E-state index contributed by atoms with van der Waals surface area (Å²) in [5.74, 6) is 0.882. The van der Waals surface area contributed by atoms with Crippen LogP contribution in [0.1, 0.15) is 37.1 Å². The molecule has 0 radical (unpaired) electrons. The molecule has 1 heterocycles. The highest BCUT2D eigenvalue weighted by Gasteiger charge is 2.24. The number of nitrogens with one attached hydrogen (secondary N) is 1. The number of hydrogen-bond donors (Lipinski definition) is 1. The fourth-order valence-corrected chi connectivity index (χ4v) is 2.43. The summed E-state index contributed by atoms with van der Waals surface area (Å²) in [5, 5.41) is 2.92. The van der Waals surface area contributed by atoms with E-state index in [0.29, 0.717) is 38.2 Å². The fourth-order valence-electron chi connectivity index (χ4n) is 2.43. The maximum atomic E-state index is 12.1. The lowest BCUT2D eigenvalue weighted by atomic mass is 9.88. The molecular weight excluding hydrogens is 268 g/mol. The number of amides is 1. The number of carbonyl (C=O) groups excluding carboxylic acids is 2. The molecule has 21 heavy (non-hydrogen) atoms. The third-order valence-corrected chi connectivity index (χ3v) is 3.65. The van der Waals surface area contributed by atoms with Gasteiger partial charge in [0.15, 0.2) is 0 Å². The summed E-state index contributed by atoms with van der Waals surface area (Å²) >= 11 is 0. The summed E-state index contributed by atoms with van der Waals surface area (Å²) in [6, 6.07) is 1.87. The zero-order valence-corrected chi connectivity index (χ0v) is 12.8. The van der Waals surface area contributed by atoms with Crippen molar-refractivity contribution >= 4 is 17.6 Å². The Morgan fingerprint density at radius 3 is 2.62 bits per heavy atom. The summed E-state index contributed by atoms with van der Waals surface area (Å²) in [4.78, 5) is 33.9. The summed E-state index contributed by atoms with van der Waals surface area (Å²) in [7, 11) is 3.77. The average molecular weight is 290 g/mol. The van der Waals surface area contributed by atoms with Crippen molar-refractivity contribution < 1.29 is 9.59 Å². The van der Waals surface area contributed by atoms with Gasteiger partial charge in [-0.15, -0.1) is 0 Å². The molecule has 1 fully saturated rings. The van der Waals surface area contributed by atoms with E-state index in [0.717, 1.165) is 11.4 Å². The van der Waals surface area contributed by atoms with Gasteiger partial charge in [0, 0.05) is 38.5 Å². The molecule has 6 nitrogen and oxygen atoms in total. The van der Waals surface area contributed by atoms with Crippen molar-refractivity contribution in [3.63, 3.8) is 0 Å². The molecule has 0 unspecified atom stereocenters. The minimum atomic E-state index is -0.0426. The Balaban J connectivity index is 1.93. The van der Waals surface area contributed by atoms with Crippen molar-refractivity contribution in [3.05, 3.63) is 17.5 Å². The van der Waals surface area contributed by atoms with Crippen molar-refractivity contribution in [3.8, 4) is 0 Å². The number of aromatic nitrogens is 2. The molecule has 114 valence electrons. The van der Waals surface area contributed by atoms with Crippen molar-refractivity contribution in [1.82, 2.24) is 15.3 Å². The van der Waals surface area contributed by atoms with Gasteiger partial charge < -0.3 is 10.2 Å². The highest BCUT2D eigenvalue weighted by molar-refractivity contribution is 5.84. The van der Waals surface area contributed by atoms with E-state index in [2.05, 4.69) is 15.3 Å². The van der Waals surface area contributed by atoms with Crippen LogP contribution in [0, 0.1) is 12.8 Å². The summed E-state index contributed by atoms with van der Waals surface area (Å²) in [6.45, 7) is 2.31. The summed E-state index contributed by atoms with van der Waals surface area (Å²) < 4.78 is 0. The number of anilines is 1. The Hall–Kier alpha value is -1.98. The minimum absolute atomic E-state index is 0.0187. The third kappa shape index (κ3) is 4.24. The minimum Gasteiger partial charge on any atom is -0.350 e. The highest BCUT2D eigenvalue weighted by atomic mass is 16.2. The number of hydrogen-bond acceptors (Lipinski definition) is 5. The van der Waals surface area contributed by atoms with Crippen molar-refractivity contribution in [1.29, 1.82) is 0 Å². The molecule has 2 rings (SSSR count). The molecule has 0 spiro atoms. The summed E-state index contributed by atoms with van der Waals surface area (Å²) in [5.41, 5.74) is 1.67. The fraction of sp³-hybridized carbons (Fsp3) is 0.600. The molecule has 1 aliphatic rings. The number of ketones is 1. The van der Waals surface area contributed by atoms with Gasteiger partial charge in [0.25, 0.3) is 0 Å². The Labute approximate surface area is 125 Å². The van der Waals surface area contributed by atoms with Crippen LogP contribution in [0.2, 0.25) is 0 Å². The van der Waals surface area contributed by atoms with E-state index in [1.54, 1.807) is 0 Å². The molecule has 1 aromatic rings. The molecule has 1 saturated carbocycles. The standard InChI is InChI=1S/C15H22N4O2/c1-10-8-12(18-15(17-10)19(2)3)9-16-14(21)11-4-6-13(20)7-5-11/h8,11H,4-7,9H2,1-3H3,(H,16,21). The van der Waals surface area contributed by atoms with Crippen molar-refractivity contribution in [2.75, 3.05) is 19.0 Å². The van der Waals surface area contributed by atoms with Gasteiger partial charge in [-0.1, -0.05) is 0 Å². The summed E-state index contributed by atoms with van der Waals surface area (Å²) in [6.07, 6.45) is 2.37. The van der Waals surface area contributed by atoms with Crippen LogP contribution in [0.25, 0.3) is 0 Å². The number of rotatable bonds is 4. The van der Waals surface area contributed by atoms with E-state index < -0.39 is 0 Å². The molecule has 1 N–H and O–H groups in total. The van der Waals surface area contributed by atoms with Crippen LogP contribution in [0.4, 0.5) is 5.95 Å². The second-order valence-corrected chi connectivity index (χ2v) is 5.73. The van der Waals surface area contributed by atoms with E-state index in [4.69, 9.17) is 0 Å². The van der Waals surface area contributed by atoms with Gasteiger partial charge in [0.05, 0.1) is 12.2 Å². The SMILES string of the molecule is Cc1cc(CNC(=O)C2CCC(=O)CC2)nc(N(C)C)n1. The van der Waals surface area contributed by atoms with Gasteiger partial charge >= 0.3 is 0 Å². The Kier molecular flexibility index (Phi) is 4.88. The lowest BCUT2D eigenvalue weighted by Crippen LogP contribution is -2.33. The van der Waals surface area contributed by atoms with Crippen LogP contribution < -0.4 is 10.2 Å². The normalized spacial score (nSPS) is 15.9. The van der Waals surface area contributed by atoms with Gasteiger partial charge in [-0.05, 0) is 25.8 Å². The number of carbonyl (C=O) groups is 2. The number of Topliss-reactive ketones (excluding diaryl/α,β-unsaturated/α-hetero) is 1. The van der Waals surface area contributed by atoms with E-state index in [9.17, 15) is 9.59 Å². The maximum absolute atomic E-state index is 12.1. The van der Waals surface area contributed by atoms with Crippen LogP contribution in [0.3, 0.4) is 0 Å². The molecule has 0 saturated heterocycles.